The van der Waals surface area contributed by atoms with Gasteiger partial charge in [-0.15, -0.1) is 0 Å². The fourth-order valence-electron chi connectivity index (χ4n) is 4.36. The number of nitrogen functional groups attached to an aromatic ring is 1. The number of esters is 1. The first-order chi connectivity index (χ1) is 17.7. The number of ether oxygens (including phenoxy) is 2. The molecular weight excluding hydrogens is 520 g/mol. The van der Waals surface area contributed by atoms with Gasteiger partial charge in [0.1, 0.15) is 24.1 Å². The highest BCUT2D eigenvalue weighted by Crippen LogP contribution is 2.37. The number of hydrogen-bond donors (Lipinski definition) is 2. The molecule has 3 aromatic rings. The van der Waals surface area contributed by atoms with E-state index in [1.54, 1.807) is 30.1 Å². The number of nitrogens with two attached hydrogens (primary N) is 2. The Morgan fingerprint density at radius 2 is 2.00 bits per heavy atom. The van der Waals surface area contributed by atoms with Gasteiger partial charge in [-0.2, -0.15) is 5.10 Å². The SMILES string of the molecule is CC(Oc1cc(-c2cnn(CCC[C@H](N)C(=O)OC3CCCC3)c2)cnc1N)c1c(Cl)ccc(F)c1Cl. The Morgan fingerprint density at radius 3 is 2.76 bits per heavy atom. The van der Waals surface area contributed by atoms with Crippen molar-refractivity contribution in [1.82, 2.24) is 14.8 Å². The van der Waals surface area contributed by atoms with Gasteiger partial charge in [-0.3, -0.25) is 9.48 Å². The van der Waals surface area contributed by atoms with Gasteiger partial charge in [0.2, 0.25) is 0 Å². The van der Waals surface area contributed by atoms with Gasteiger partial charge in [0.05, 0.1) is 11.2 Å². The Bertz CT molecular complexity index is 1250. The highest BCUT2D eigenvalue weighted by molar-refractivity contribution is 6.36. The van der Waals surface area contributed by atoms with E-state index < -0.39 is 18.0 Å². The summed E-state index contributed by atoms with van der Waals surface area (Å²) in [7, 11) is 0. The van der Waals surface area contributed by atoms with E-state index in [4.69, 9.17) is 44.1 Å². The summed E-state index contributed by atoms with van der Waals surface area (Å²) in [6, 6.07) is 3.72. The van der Waals surface area contributed by atoms with E-state index in [1.165, 1.54) is 12.1 Å². The van der Waals surface area contributed by atoms with Crippen molar-refractivity contribution in [1.29, 1.82) is 0 Å². The van der Waals surface area contributed by atoms with Gasteiger partial charge in [0, 0.05) is 40.7 Å². The number of nitrogens with zero attached hydrogens (tertiary/aromatic N) is 3. The van der Waals surface area contributed by atoms with Crippen molar-refractivity contribution in [2.24, 2.45) is 5.73 Å². The average Bonchev–Trinajstić information content (AvgIpc) is 3.55. The molecule has 0 saturated heterocycles. The molecule has 11 heteroatoms. The quantitative estimate of drug-likeness (QED) is 0.245. The lowest BCUT2D eigenvalue weighted by Gasteiger charge is -2.19. The summed E-state index contributed by atoms with van der Waals surface area (Å²) in [5.41, 5.74) is 13.9. The number of carbonyl (C=O) groups is 1. The second kappa shape index (κ2) is 12.1. The summed E-state index contributed by atoms with van der Waals surface area (Å²) < 4.78 is 27.2. The fraction of sp³-hybridized carbons (Fsp3) is 0.423. The number of rotatable bonds is 10. The molecule has 2 aromatic heterocycles. The Labute approximate surface area is 225 Å². The molecule has 1 fully saturated rings. The van der Waals surface area contributed by atoms with Crippen LogP contribution < -0.4 is 16.2 Å². The minimum atomic E-state index is -0.678. The van der Waals surface area contributed by atoms with Crippen LogP contribution in [0.3, 0.4) is 0 Å². The number of benzene rings is 1. The van der Waals surface area contributed by atoms with Crippen molar-refractivity contribution >= 4 is 35.0 Å². The van der Waals surface area contributed by atoms with E-state index in [-0.39, 0.29) is 27.9 Å². The van der Waals surface area contributed by atoms with Crippen LogP contribution in [0.1, 0.15) is 57.1 Å². The van der Waals surface area contributed by atoms with Crippen LogP contribution in [0.5, 0.6) is 5.75 Å². The molecule has 0 amide bonds. The van der Waals surface area contributed by atoms with Crippen LogP contribution >= 0.6 is 23.2 Å². The molecule has 2 atom stereocenters. The van der Waals surface area contributed by atoms with Gasteiger partial charge in [-0.1, -0.05) is 23.2 Å². The zero-order valence-corrected chi connectivity index (χ0v) is 22.0. The molecule has 1 aliphatic rings. The third-order valence-electron chi connectivity index (χ3n) is 6.43. The number of halogens is 3. The summed E-state index contributed by atoms with van der Waals surface area (Å²) in [6.45, 7) is 2.29. The number of aromatic nitrogens is 3. The fourth-order valence-corrected chi connectivity index (χ4v) is 5.03. The van der Waals surface area contributed by atoms with E-state index in [9.17, 15) is 9.18 Å². The second-order valence-corrected chi connectivity index (χ2v) is 9.99. The highest BCUT2D eigenvalue weighted by Gasteiger charge is 2.23. The van der Waals surface area contributed by atoms with Crippen molar-refractivity contribution in [3.8, 4) is 16.9 Å². The molecule has 0 spiro atoms. The lowest BCUT2D eigenvalue weighted by molar-refractivity contribution is -0.150. The van der Waals surface area contributed by atoms with E-state index in [2.05, 4.69) is 10.1 Å². The molecule has 8 nitrogen and oxygen atoms in total. The van der Waals surface area contributed by atoms with E-state index >= 15 is 0 Å². The maximum Gasteiger partial charge on any atom is 0.323 e. The van der Waals surface area contributed by atoms with Crippen molar-refractivity contribution < 1.29 is 18.7 Å². The van der Waals surface area contributed by atoms with Crippen LogP contribution in [0.4, 0.5) is 10.2 Å². The Morgan fingerprint density at radius 1 is 1.24 bits per heavy atom. The average molecular weight is 550 g/mol. The zero-order valence-electron chi connectivity index (χ0n) is 20.5. The van der Waals surface area contributed by atoms with Crippen LogP contribution in [-0.2, 0) is 16.1 Å². The van der Waals surface area contributed by atoms with Crippen molar-refractivity contribution in [2.45, 2.75) is 70.2 Å². The van der Waals surface area contributed by atoms with Gasteiger partial charge in [0.25, 0.3) is 0 Å². The molecule has 4 rings (SSSR count). The minimum Gasteiger partial charge on any atom is -0.482 e. The maximum absolute atomic E-state index is 14.0. The molecule has 1 unspecified atom stereocenters. The molecule has 2 heterocycles. The first-order valence-corrected chi connectivity index (χ1v) is 13.0. The lowest BCUT2D eigenvalue weighted by atomic mass is 10.1. The molecule has 0 aliphatic heterocycles. The summed E-state index contributed by atoms with van der Waals surface area (Å²) >= 11 is 12.3. The summed E-state index contributed by atoms with van der Waals surface area (Å²) in [5, 5.41) is 4.58. The number of anilines is 1. The molecule has 1 saturated carbocycles. The van der Waals surface area contributed by atoms with Crippen LogP contribution in [0.25, 0.3) is 11.1 Å². The Hall–Kier alpha value is -2.88. The molecule has 0 radical (unpaired) electrons. The first kappa shape index (κ1) is 27.2. The van der Waals surface area contributed by atoms with E-state index in [0.29, 0.717) is 30.7 Å². The summed E-state index contributed by atoms with van der Waals surface area (Å²) in [4.78, 5) is 16.4. The Kier molecular flexibility index (Phi) is 8.89. The largest absolute Gasteiger partial charge is 0.482 e. The maximum atomic E-state index is 14.0. The molecule has 37 heavy (non-hydrogen) atoms. The zero-order chi connectivity index (χ0) is 26.5. The van der Waals surface area contributed by atoms with Crippen molar-refractivity contribution in [2.75, 3.05) is 5.73 Å². The summed E-state index contributed by atoms with van der Waals surface area (Å²) in [6.07, 6.45) is 9.74. The van der Waals surface area contributed by atoms with Crippen molar-refractivity contribution in [3.63, 3.8) is 0 Å². The smallest absolute Gasteiger partial charge is 0.323 e. The Balaban J connectivity index is 1.36. The van der Waals surface area contributed by atoms with E-state index in [1.807, 2.05) is 6.20 Å². The monoisotopic (exact) mass is 549 g/mol. The van der Waals surface area contributed by atoms with Crippen LogP contribution in [0.2, 0.25) is 10.0 Å². The van der Waals surface area contributed by atoms with E-state index in [0.717, 1.165) is 36.8 Å². The van der Waals surface area contributed by atoms with Gasteiger partial charge < -0.3 is 20.9 Å². The normalized spacial score (nSPS) is 15.5. The van der Waals surface area contributed by atoms with Gasteiger partial charge in [0.15, 0.2) is 11.6 Å². The number of carbonyl (C=O) groups excluding carboxylic acids is 1. The molecule has 4 N–H and O–H groups in total. The third kappa shape index (κ3) is 6.71. The predicted molar refractivity (Wildman–Crippen MR) is 141 cm³/mol. The van der Waals surface area contributed by atoms with Crippen LogP contribution in [-0.4, -0.2) is 32.9 Å². The number of pyridine rings is 1. The van der Waals surface area contributed by atoms with Gasteiger partial charge in [-0.25, -0.2) is 9.37 Å². The molecule has 1 aromatic carbocycles. The molecule has 198 valence electrons. The first-order valence-electron chi connectivity index (χ1n) is 12.3. The van der Waals surface area contributed by atoms with Crippen LogP contribution in [0, 0.1) is 5.82 Å². The summed E-state index contributed by atoms with van der Waals surface area (Å²) in [5.74, 6) is -0.440. The number of hydrogen-bond acceptors (Lipinski definition) is 7. The standard InChI is InChI=1S/C26H30Cl2FN5O3/c1-15(23-19(27)8-9-20(29)24(23)28)36-22-11-16(12-32-25(22)31)17-13-33-34(14-17)10-4-7-21(30)26(35)37-18-5-2-3-6-18/h8-9,11-15,18,21H,2-7,10,30H2,1H3,(H2,31,32)/t15?,21-/m0/s1. The second-order valence-electron chi connectivity index (χ2n) is 9.21. The number of aryl methyl sites for hydroxylation is 1. The molecule has 1 aliphatic carbocycles. The topological polar surface area (TPSA) is 118 Å². The predicted octanol–water partition coefficient (Wildman–Crippen LogP) is 5.71. The third-order valence-corrected chi connectivity index (χ3v) is 7.14. The van der Waals surface area contributed by atoms with Crippen molar-refractivity contribution in [3.05, 3.63) is 58.2 Å². The van der Waals surface area contributed by atoms with Gasteiger partial charge >= 0.3 is 5.97 Å². The van der Waals surface area contributed by atoms with Crippen LogP contribution in [0.15, 0.2) is 36.8 Å². The molecule has 0 bridgehead atoms. The van der Waals surface area contributed by atoms with Gasteiger partial charge in [-0.05, 0) is 63.6 Å². The molecular formula is C26H30Cl2FN5O3. The lowest BCUT2D eigenvalue weighted by Crippen LogP contribution is -2.34. The highest BCUT2D eigenvalue weighted by atomic mass is 35.5. The minimum absolute atomic E-state index is 0.0143.